The summed E-state index contributed by atoms with van der Waals surface area (Å²) in [6, 6.07) is 0. The molecule has 3 heteroatoms. The Morgan fingerprint density at radius 3 is 2.80 bits per heavy atom. The van der Waals surface area contributed by atoms with Crippen LogP contribution in [0.25, 0.3) is 0 Å². The summed E-state index contributed by atoms with van der Waals surface area (Å²) in [5, 5.41) is 7.63. The largest absolute Gasteiger partial charge is 0.237 e. The highest BCUT2D eigenvalue weighted by Crippen LogP contribution is 2.10. The summed E-state index contributed by atoms with van der Waals surface area (Å²) >= 11 is 0. The van der Waals surface area contributed by atoms with Crippen LogP contribution in [0.1, 0.15) is 32.0 Å². The van der Waals surface area contributed by atoms with Crippen molar-refractivity contribution >= 4 is 0 Å². The SMILES string of the molecule is CCC(C)c1nccnn1. The number of hydrogen-bond donors (Lipinski definition) is 0. The second-order valence-corrected chi connectivity index (χ2v) is 2.31. The zero-order valence-corrected chi connectivity index (χ0v) is 6.28. The molecule has 0 aliphatic carbocycles. The van der Waals surface area contributed by atoms with Gasteiger partial charge in [0, 0.05) is 12.1 Å². The quantitative estimate of drug-likeness (QED) is 0.618. The molecule has 0 saturated carbocycles. The maximum atomic E-state index is 4.08. The molecule has 0 aromatic carbocycles. The Morgan fingerprint density at radius 1 is 1.50 bits per heavy atom. The van der Waals surface area contributed by atoms with Crippen LogP contribution >= 0.6 is 0 Å². The topological polar surface area (TPSA) is 38.7 Å². The minimum atomic E-state index is 0.425. The lowest BCUT2D eigenvalue weighted by atomic mass is 10.1. The molecule has 1 heterocycles. The third kappa shape index (κ3) is 1.50. The van der Waals surface area contributed by atoms with Gasteiger partial charge in [0.15, 0.2) is 5.82 Å². The van der Waals surface area contributed by atoms with Gasteiger partial charge in [0.2, 0.25) is 0 Å². The molecule has 0 amide bonds. The van der Waals surface area contributed by atoms with E-state index in [2.05, 4.69) is 29.0 Å². The van der Waals surface area contributed by atoms with Crippen LogP contribution in [0.4, 0.5) is 0 Å². The summed E-state index contributed by atoms with van der Waals surface area (Å²) in [7, 11) is 0. The molecule has 54 valence electrons. The Kier molecular flexibility index (Phi) is 2.31. The van der Waals surface area contributed by atoms with Crippen molar-refractivity contribution in [1.29, 1.82) is 0 Å². The molecule has 0 radical (unpaired) electrons. The van der Waals surface area contributed by atoms with Crippen molar-refractivity contribution in [3.8, 4) is 0 Å². The van der Waals surface area contributed by atoms with Crippen molar-refractivity contribution in [3.63, 3.8) is 0 Å². The Morgan fingerprint density at radius 2 is 2.30 bits per heavy atom. The highest BCUT2D eigenvalue weighted by molar-refractivity contribution is 4.89. The molecule has 0 spiro atoms. The molecule has 0 bridgehead atoms. The highest BCUT2D eigenvalue weighted by Gasteiger charge is 2.03. The standard InChI is InChI=1S/C7H11N3/c1-3-6(2)7-8-4-5-9-10-7/h4-6H,3H2,1-2H3. The number of aromatic nitrogens is 3. The molecule has 1 atom stereocenters. The lowest BCUT2D eigenvalue weighted by Crippen LogP contribution is -1.99. The molecule has 0 N–H and O–H groups in total. The molecular weight excluding hydrogens is 126 g/mol. The Balaban J connectivity index is 2.75. The third-order valence-electron chi connectivity index (χ3n) is 1.55. The van der Waals surface area contributed by atoms with Gasteiger partial charge in [-0.05, 0) is 6.42 Å². The minimum Gasteiger partial charge on any atom is -0.237 e. The van der Waals surface area contributed by atoms with Crippen LogP contribution in [0, 0.1) is 0 Å². The molecule has 1 aromatic heterocycles. The van der Waals surface area contributed by atoms with E-state index in [4.69, 9.17) is 0 Å². The zero-order chi connectivity index (χ0) is 7.40. The monoisotopic (exact) mass is 137 g/mol. The van der Waals surface area contributed by atoms with Gasteiger partial charge in [0.05, 0.1) is 6.20 Å². The first-order valence-electron chi connectivity index (χ1n) is 3.48. The molecule has 0 aliphatic heterocycles. The number of nitrogens with zero attached hydrogens (tertiary/aromatic N) is 3. The fourth-order valence-corrected chi connectivity index (χ4v) is 0.666. The van der Waals surface area contributed by atoms with Gasteiger partial charge in [-0.2, -0.15) is 5.10 Å². The van der Waals surface area contributed by atoms with E-state index in [1.807, 2.05) is 0 Å². The summed E-state index contributed by atoms with van der Waals surface area (Å²) in [4.78, 5) is 4.08. The van der Waals surface area contributed by atoms with Crippen LogP contribution in [0.15, 0.2) is 12.4 Å². The van der Waals surface area contributed by atoms with Crippen molar-refractivity contribution < 1.29 is 0 Å². The Bertz CT molecular complexity index is 185. The van der Waals surface area contributed by atoms with Gasteiger partial charge in [-0.3, -0.25) is 0 Å². The van der Waals surface area contributed by atoms with Crippen LogP contribution in [-0.4, -0.2) is 15.2 Å². The first kappa shape index (κ1) is 7.12. The van der Waals surface area contributed by atoms with Gasteiger partial charge in [-0.15, -0.1) is 5.10 Å². The van der Waals surface area contributed by atoms with E-state index < -0.39 is 0 Å². The van der Waals surface area contributed by atoms with Crippen molar-refractivity contribution in [1.82, 2.24) is 15.2 Å². The summed E-state index contributed by atoms with van der Waals surface area (Å²) in [5.74, 6) is 1.26. The molecule has 0 aliphatic rings. The Labute approximate surface area is 60.5 Å². The molecule has 0 fully saturated rings. The smallest absolute Gasteiger partial charge is 0.153 e. The van der Waals surface area contributed by atoms with E-state index in [1.165, 1.54) is 0 Å². The molecular formula is C7H11N3. The maximum absolute atomic E-state index is 4.08. The van der Waals surface area contributed by atoms with E-state index in [-0.39, 0.29) is 0 Å². The average Bonchev–Trinajstić information content (AvgIpc) is 2.05. The zero-order valence-electron chi connectivity index (χ0n) is 6.28. The predicted octanol–water partition coefficient (Wildman–Crippen LogP) is 1.39. The van der Waals surface area contributed by atoms with Gasteiger partial charge in [-0.25, -0.2) is 4.98 Å². The highest BCUT2D eigenvalue weighted by atomic mass is 15.1. The second kappa shape index (κ2) is 3.25. The van der Waals surface area contributed by atoms with Gasteiger partial charge in [0.25, 0.3) is 0 Å². The van der Waals surface area contributed by atoms with E-state index in [0.717, 1.165) is 12.2 Å². The second-order valence-electron chi connectivity index (χ2n) is 2.31. The third-order valence-corrected chi connectivity index (χ3v) is 1.55. The van der Waals surface area contributed by atoms with Crippen LogP contribution in [0.2, 0.25) is 0 Å². The van der Waals surface area contributed by atoms with E-state index in [0.29, 0.717) is 5.92 Å². The summed E-state index contributed by atoms with van der Waals surface area (Å²) in [6.07, 6.45) is 4.33. The van der Waals surface area contributed by atoms with E-state index >= 15 is 0 Å². The first-order valence-corrected chi connectivity index (χ1v) is 3.48. The van der Waals surface area contributed by atoms with Crippen LogP contribution < -0.4 is 0 Å². The van der Waals surface area contributed by atoms with E-state index in [1.54, 1.807) is 12.4 Å². The first-order chi connectivity index (χ1) is 4.84. The number of hydrogen-bond acceptors (Lipinski definition) is 3. The fraction of sp³-hybridized carbons (Fsp3) is 0.571. The Hall–Kier alpha value is -0.990. The molecule has 1 rings (SSSR count). The summed E-state index contributed by atoms with van der Waals surface area (Å²) < 4.78 is 0. The van der Waals surface area contributed by atoms with Crippen LogP contribution in [0.3, 0.4) is 0 Å². The van der Waals surface area contributed by atoms with Crippen LogP contribution in [0.5, 0.6) is 0 Å². The summed E-state index contributed by atoms with van der Waals surface area (Å²) in [5.41, 5.74) is 0. The van der Waals surface area contributed by atoms with Crippen molar-refractivity contribution in [2.75, 3.05) is 0 Å². The van der Waals surface area contributed by atoms with Gasteiger partial charge in [-0.1, -0.05) is 13.8 Å². The lowest BCUT2D eigenvalue weighted by molar-refractivity contribution is 0.657. The van der Waals surface area contributed by atoms with E-state index in [9.17, 15) is 0 Å². The molecule has 0 saturated heterocycles. The number of rotatable bonds is 2. The maximum Gasteiger partial charge on any atom is 0.153 e. The van der Waals surface area contributed by atoms with Gasteiger partial charge >= 0.3 is 0 Å². The minimum absolute atomic E-state index is 0.425. The molecule has 3 nitrogen and oxygen atoms in total. The lowest BCUT2D eigenvalue weighted by Gasteiger charge is -2.02. The van der Waals surface area contributed by atoms with Gasteiger partial charge < -0.3 is 0 Å². The van der Waals surface area contributed by atoms with Crippen molar-refractivity contribution in [3.05, 3.63) is 18.2 Å². The molecule has 10 heavy (non-hydrogen) atoms. The van der Waals surface area contributed by atoms with Crippen molar-refractivity contribution in [2.45, 2.75) is 26.2 Å². The summed E-state index contributed by atoms with van der Waals surface area (Å²) in [6.45, 7) is 4.21. The average molecular weight is 137 g/mol. The normalized spacial score (nSPS) is 13.0. The van der Waals surface area contributed by atoms with Crippen molar-refractivity contribution in [2.24, 2.45) is 0 Å². The van der Waals surface area contributed by atoms with Gasteiger partial charge in [0.1, 0.15) is 0 Å². The predicted molar refractivity (Wildman–Crippen MR) is 38.5 cm³/mol. The molecule has 1 unspecified atom stereocenters. The molecule has 1 aromatic rings. The van der Waals surface area contributed by atoms with Crippen LogP contribution in [-0.2, 0) is 0 Å². The fourth-order valence-electron chi connectivity index (χ4n) is 0.666.